The molecule has 4 heteroatoms. The summed E-state index contributed by atoms with van der Waals surface area (Å²) < 4.78 is 0. The van der Waals surface area contributed by atoms with Gasteiger partial charge in [-0.15, -0.1) is 0 Å². The van der Waals surface area contributed by atoms with E-state index in [1.165, 1.54) is 0 Å². The monoisotopic (exact) mass is 291 g/mol. The molecule has 0 bridgehead atoms. The zero-order chi connectivity index (χ0) is 12.2. The summed E-state index contributed by atoms with van der Waals surface area (Å²) >= 11 is 0. The standard InChI is InChI=1S/C15H11N3.Ni/c1-4-12(10-16-7-1)14-6-3-9-18-15(14)13-5-2-8-17-11-13;/h1-11H;. The van der Waals surface area contributed by atoms with Gasteiger partial charge in [0.15, 0.2) is 0 Å². The molecule has 96 valence electrons. The van der Waals surface area contributed by atoms with Crippen molar-refractivity contribution in [1.82, 2.24) is 15.0 Å². The SMILES string of the molecule is [Ni].c1cncc(-c2cccnc2-c2cccnc2)c1. The van der Waals surface area contributed by atoms with Crippen LogP contribution in [0, 0.1) is 0 Å². The molecule has 0 unspecified atom stereocenters. The van der Waals surface area contributed by atoms with Gasteiger partial charge in [-0.2, -0.15) is 0 Å². The Balaban J connectivity index is 0.00000133. The maximum absolute atomic E-state index is 4.46. The number of aromatic nitrogens is 3. The second kappa shape index (κ2) is 6.21. The summed E-state index contributed by atoms with van der Waals surface area (Å²) in [6.45, 7) is 0. The Morgan fingerprint density at radius 3 is 1.95 bits per heavy atom. The number of nitrogens with zero attached hydrogens (tertiary/aromatic N) is 3. The first-order valence-electron chi connectivity index (χ1n) is 5.71. The average Bonchev–Trinajstić information content (AvgIpc) is 2.49. The van der Waals surface area contributed by atoms with Crippen molar-refractivity contribution < 1.29 is 16.5 Å². The summed E-state index contributed by atoms with van der Waals surface area (Å²) in [5, 5.41) is 0. The predicted octanol–water partition coefficient (Wildman–Crippen LogP) is 3.20. The van der Waals surface area contributed by atoms with E-state index in [1.54, 1.807) is 18.6 Å². The molecule has 3 aromatic heterocycles. The molecule has 0 radical (unpaired) electrons. The third-order valence-electron chi connectivity index (χ3n) is 2.72. The van der Waals surface area contributed by atoms with Crippen LogP contribution in [0.2, 0.25) is 0 Å². The normalized spacial score (nSPS) is 9.68. The van der Waals surface area contributed by atoms with Crippen LogP contribution < -0.4 is 0 Å². The van der Waals surface area contributed by atoms with Gasteiger partial charge >= 0.3 is 0 Å². The smallest absolute Gasteiger partial charge is 0.0796 e. The Morgan fingerprint density at radius 2 is 1.32 bits per heavy atom. The van der Waals surface area contributed by atoms with Crippen molar-refractivity contribution in [3.8, 4) is 22.4 Å². The maximum atomic E-state index is 4.46. The van der Waals surface area contributed by atoms with Gasteiger partial charge in [0.25, 0.3) is 0 Å². The average molecular weight is 292 g/mol. The van der Waals surface area contributed by atoms with Crippen LogP contribution in [0.5, 0.6) is 0 Å². The third-order valence-corrected chi connectivity index (χ3v) is 2.72. The first-order valence-corrected chi connectivity index (χ1v) is 5.71. The summed E-state index contributed by atoms with van der Waals surface area (Å²) in [6, 6.07) is 11.9. The molecule has 0 N–H and O–H groups in total. The fourth-order valence-corrected chi connectivity index (χ4v) is 1.89. The molecule has 0 fully saturated rings. The molecule has 0 saturated carbocycles. The Bertz CT molecular complexity index is 583. The summed E-state index contributed by atoms with van der Waals surface area (Å²) in [7, 11) is 0. The summed E-state index contributed by atoms with van der Waals surface area (Å²) in [4.78, 5) is 12.8. The quantitative estimate of drug-likeness (QED) is 0.681. The molecule has 0 aromatic carbocycles. The summed E-state index contributed by atoms with van der Waals surface area (Å²) in [5.41, 5.74) is 4.07. The maximum Gasteiger partial charge on any atom is 0.0796 e. The molecule has 3 aromatic rings. The Kier molecular flexibility index (Phi) is 4.37. The molecule has 19 heavy (non-hydrogen) atoms. The van der Waals surface area contributed by atoms with Gasteiger partial charge in [-0.1, -0.05) is 12.1 Å². The van der Waals surface area contributed by atoms with Crippen molar-refractivity contribution in [2.24, 2.45) is 0 Å². The predicted molar refractivity (Wildman–Crippen MR) is 70.7 cm³/mol. The van der Waals surface area contributed by atoms with E-state index in [0.29, 0.717) is 0 Å². The molecule has 3 heterocycles. The topological polar surface area (TPSA) is 38.7 Å². The van der Waals surface area contributed by atoms with E-state index in [9.17, 15) is 0 Å². The molecule has 0 aliphatic rings. The molecular weight excluding hydrogens is 281 g/mol. The second-order valence-electron chi connectivity index (χ2n) is 3.88. The minimum absolute atomic E-state index is 0. The number of hydrogen-bond acceptors (Lipinski definition) is 3. The van der Waals surface area contributed by atoms with Crippen molar-refractivity contribution in [2.45, 2.75) is 0 Å². The van der Waals surface area contributed by atoms with E-state index in [2.05, 4.69) is 15.0 Å². The van der Waals surface area contributed by atoms with Crippen LogP contribution in [0.15, 0.2) is 67.4 Å². The van der Waals surface area contributed by atoms with E-state index in [-0.39, 0.29) is 16.5 Å². The zero-order valence-electron chi connectivity index (χ0n) is 10.0. The fourth-order valence-electron chi connectivity index (χ4n) is 1.89. The number of rotatable bonds is 2. The van der Waals surface area contributed by atoms with Gasteiger partial charge in [0, 0.05) is 64.2 Å². The number of hydrogen-bond donors (Lipinski definition) is 0. The van der Waals surface area contributed by atoms with Crippen LogP contribution in [0.1, 0.15) is 0 Å². The van der Waals surface area contributed by atoms with Crippen LogP contribution in [0.4, 0.5) is 0 Å². The molecule has 3 rings (SSSR count). The Morgan fingerprint density at radius 1 is 0.684 bits per heavy atom. The van der Waals surface area contributed by atoms with Crippen molar-refractivity contribution in [3.05, 3.63) is 67.4 Å². The minimum Gasteiger partial charge on any atom is -0.264 e. The zero-order valence-corrected chi connectivity index (χ0v) is 11.0. The molecular formula is C15H11N3Ni. The molecule has 0 amide bonds. The van der Waals surface area contributed by atoms with Gasteiger partial charge < -0.3 is 0 Å². The van der Waals surface area contributed by atoms with E-state index in [0.717, 1.165) is 22.4 Å². The van der Waals surface area contributed by atoms with Gasteiger partial charge in [-0.25, -0.2) is 0 Å². The van der Waals surface area contributed by atoms with Crippen LogP contribution in [-0.2, 0) is 16.5 Å². The first-order chi connectivity index (χ1) is 8.95. The van der Waals surface area contributed by atoms with Gasteiger partial charge in [0.2, 0.25) is 0 Å². The minimum atomic E-state index is 0. The second-order valence-corrected chi connectivity index (χ2v) is 3.88. The Labute approximate surface area is 121 Å². The van der Waals surface area contributed by atoms with E-state index in [1.807, 2.05) is 48.8 Å². The van der Waals surface area contributed by atoms with Crippen LogP contribution in [-0.4, -0.2) is 15.0 Å². The van der Waals surface area contributed by atoms with E-state index < -0.39 is 0 Å². The molecule has 0 saturated heterocycles. The van der Waals surface area contributed by atoms with E-state index in [4.69, 9.17) is 0 Å². The molecule has 0 aliphatic carbocycles. The fraction of sp³-hybridized carbons (Fsp3) is 0. The van der Waals surface area contributed by atoms with Crippen molar-refractivity contribution in [3.63, 3.8) is 0 Å². The summed E-state index contributed by atoms with van der Waals surface area (Å²) in [5.74, 6) is 0. The van der Waals surface area contributed by atoms with Crippen molar-refractivity contribution in [2.75, 3.05) is 0 Å². The molecule has 0 aliphatic heterocycles. The third kappa shape index (κ3) is 2.86. The molecule has 0 atom stereocenters. The van der Waals surface area contributed by atoms with Crippen LogP contribution in [0.25, 0.3) is 22.4 Å². The van der Waals surface area contributed by atoms with Crippen molar-refractivity contribution >= 4 is 0 Å². The van der Waals surface area contributed by atoms with Gasteiger partial charge in [-0.05, 0) is 24.3 Å². The number of pyridine rings is 3. The first kappa shape index (κ1) is 13.4. The van der Waals surface area contributed by atoms with Crippen LogP contribution >= 0.6 is 0 Å². The van der Waals surface area contributed by atoms with Gasteiger partial charge in [0.05, 0.1) is 5.69 Å². The molecule has 3 nitrogen and oxygen atoms in total. The van der Waals surface area contributed by atoms with Gasteiger partial charge in [-0.3, -0.25) is 15.0 Å². The Hall–Kier alpha value is -2.06. The van der Waals surface area contributed by atoms with Crippen molar-refractivity contribution in [1.29, 1.82) is 0 Å². The van der Waals surface area contributed by atoms with Gasteiger partial charge in [0.1, 0.15) is 0 Å². The molecule has 0 spiro atoms. The van der Waals surface area contributed by atoms with E-state index >= 15 is 0 Å². The van der Waals surface area contributed by atoms with Crippen LogP contribution in [0.3, 0.4) is 0 Å². The largest absolute Gasteiger partial charge is 0.264 e. The summed E-state index contributed by atoms with van der Waals surface area (Å²) in [6.07, 6.45) is 8.99.